The van der Waals surface area contributed by atoms with Crippen molar-refractivity contribution in [3.05, 3.63) is 100 Å². The van der Waals surface area contributed by atoms with Crippen molar-refractivity contribution in [3.8, 4) is 11.8 Å². The molecule has 2 amide bonds. The highest BCUT2D eigenvalue weighted by molar-refractivity contribution is 8.05. The molecule has 1 aliphatic rings. The Hall–Kier alpha value is -4.02. The molecule has 0 saturated carbocycles. The van der Waals surface area contributed by atoms with Gasteiger partial charge in [0.1, 0.15) is 22.4 Å². The standard InChI is InChI=1S/C28H25N3O3S/c1-18-8-4-6-10-23(18)30-26(32)22(17-29)28-31(24-11-7-5-9-19(24)2)27(33)25(35-28)16-20-12-14-21(34-3)15-13-20/h4-15,25H,16H2,1-3H3,(H,30,32)/b28-22-/t25-/m1/s1. The predicted molar refractivity (Wildman–Crippen MR) is 139 cm³/mol. The van der Waals surface area contributed by atoms with E-state index in [1.807, 2.05) is 80.6 Å². The Labute approximate surface area is 209 Å². The smallest absolute Gasteiger partial charge is 0.269 e. The van der Waals surface area contributed by atoms with Gasteiger partial charge in [0.15, 0.2) is 0 Å². The van der Waals surface area contributed by atoms with Crippen LogP contribution >= 0.6 is 11.8 Å². The van der Waals surface area contributed by atoms with Crippen molar-refractivity contribution in [1.82, 2.24) is 0 Å². The fourth-order valence-electron chi connectivity index (χ4n) is 3.89. The first-order valence-electron chi connectivity index (χ1n) is 11.1. The Morgan fingerprint density at radius 2 is 1.69 bits per heavy atom. The number of carbonyl (C=O) groups excluding carboxylic acids is 2. The number of nitrogens with zero attached hydrogens (tertiary/aromatic N) is 2. The lowest BCUT2D eigenvalue weighted by Gasteiger charge is -2.20. The predicted octanol–water partition coefficient (Wildman–Crippen LogP) is 5.38. The van der Waals surface area contributed by atoms with Crippen molar-refractivity contribution in [2.24, 2.45) is 0 Å². The number of methoxy groups -OCH3 is 1. The number of nitrogens with one attached hydrogen (secondary N) is 1. The van der Waals surface area contributed by atoms with Crippen molar-refractivity contribution in [1.29, 1.82) is 5.26 Å². The molecular formula is C28H25N3O3S. The van der Waals surface area contributed by atoms with Gasteiger partial charge in [-0.25, -0.2) is 0 Å². The van der Waals surface area contributed by atoms with E-state index in [1.54, 1.807) is 13.2 Å². The number of hydrogen-bond acceptors (Lipinski definition) is 5. The fourth-order valence-corrected chi connectivity index (χ4v) is 5.19. The van der Waals surface area contributed by atoms with Crippen LogP contribution in [-0.4, -0.2) is 24.2 Å². The lowest BCUT2D eigenvalue weighted by Crippen LogP contribution is -2.31. The second-order valence-electron chi connectivity index (χ2n) is 8.18. The zero-order valence-corrected chi connectivity index (χ0v) is 20.6. The first kappa shape index (κ1) is 24.1. The van der Waals surface area contributed by atoms with Crippen LogP contribution in [0.3, 0.4) is 0 Å². The normalized spacial score (nSPS) is 16.6. The van der Waals surface area contributed by atoms with Gasteiger partial charge in [0.2, 0.25) is 5.91 Å². The number of hydrogen-bond donors (Lipinski definition) is 1. The summed E-state index contributed by atoms with van der Waals surface area (Å²) < 4.78 is 5.23. The third kappa shape index (κ3) is 5.08. The van der Waals surface area contributed by atoms with Gasteiger partial charge in [-0.1, -0.05) is 60.3 Å². The van der Waals surface area contributed by atoms with E-state index >= 15 is 0 Å². The molecule has 1 N–H and O–H groups in total. The van der Waals surface area contributed by atoms with E-state index in [1.165, 1.54) is 16.7 Å². The first-order chi connectivity index (χ1) is 16.9. The third-order valence-corrected chi connectivity index (χ3v) is 7.10. The van der Waals surface area contributed by atoms with E-state index in [9.17, 15) is 14.9 Å². The van der Waals surface area contributed by atoms with Crippen LogP contribution in [0.2, 0.25) is 0 Å². The van der Waals surface area contributed by atoms with Gasteiger partial charge in [0.05, 0.1) is 18.0 Å². The van der Waals surface area contributed by atoms with Crippen molar-refractivity contribution >= 4 is 35.0 Å². The summed E-state index contributed by atoms with van der Waals surface area (Å²) in [7, 11) is 1.61. The summed E-state index contributed by atoms with van der Waals surface area (Å²) in [5.41, 5.74) is 3.91. The van der Waals surface area contributed by atoms with E-state index in [0.29, 0.717) is 22.8 Å². The Balaban J connectivity index is 1.73. The second kappa shape index (κ2) is 10.5. The molecule has 4 rings (SSSR count). The van der Waals surface area contributed by atoms with Crippen LogP contribution in [0.4, 0.5) is 11.4 Å². The summed E-state index contributed by atoms with van der Waals surface area (Å²) in [5, 5.41) is 12.7. The van der Waals surface area contributed by atoms with E-state index < -0.39 is 11.2 Å². The van der Waals surface area contributed by atoms with Crippen LogP contribution < -0.4 is 15.0 Å². The maximum atomic E-state index is 13.7. The molecule has 3 aromatic carbocycles. The van der Waals surface area contributed by atoms with Crippen LogP contribution in [0.25, 0.3) is 0 Å². The van der Waals surface area contributed by atoms with Crippen LogP contribution in [0.15, 0.2) is 83.4 Å². The molecule has 1 saturated heterocycles. The molecule has 1 heterocycles. The summed E-state index contributed by atoms with van der Waals surface area (Å²) in [6, 6.07) is 24.4. The highest BCUT2D eigenvalue weighted by Crippen LogP contribution is 2.43. The molecule has 3 aromatic rings. The summed E-state index contributed by atoms with van der Waals surface area (Å²) in [4.78, 5) is 28.4. The van der Waals surface area contributed by atoms with Gasteiger partial charge in [-0.15, -0.1) is 0 Å². The molecule has 1 atom stereocenters. The maximum Gasteiger partial charge on any atom is 0.269 e. The largest absolute Gasteiger partial charge is 0.497 e. The van der Waals surface area contributed by atoms with Gasteiger partial charge in [-0.2, -0.15) is 5.26 Å². The van der Waals surface area contributed by atoms with E-state index in [-0.39, 0.29) is 11.5 Å². The Bertz CT molecular complexity index is 1340. The quantitative estimate of drug-likeness (QED) is 0.376. The molecule has 0 aromatic heterocycles. The minimum absolute atomic E-state index is 0.0907. The number of para-hydroxylation sites is 2. The number of aryl methyl sites for hydroxylation is 2. The van der Waals surface area contributed by atoms with Gasteiger partial charge < -0.3 is 10.1 Å². The van der Waals surface area contributed by atoms with Crippen LogP contribution in [-0.2, 0) is 16.0 Å². The van der Waals surface area contributed by atoms with Crippen LogP contribution in [0, 0.1) is 25.2 Å². The highest BCUT2D eigenvalue weighted by Gasteiger charge is 2.41. The van der Waals surface area contributed by atoms with Gasteiger partial charge in [0, 0.05) is 5.69 Å². The monoisotopic (exact) mass is 483 g/mol. The second-order valence-corrected chi connectivity index (χ2v) is 9.37. The summed E-state index contributed by atoms with van der Waals surface area (Å²) in [5.74, 6) is 0.0354. The maximum absolute atomic E-state index is 13.7. The Morgan fingerprint density at radius 3 is 2.31 bits per heavy atom. The van der Waals surface area contributed by atoms with E-state index in [4.69, 9.17) is 4.74 Å². The SMILES string of the molecule is COc1ccc(C[C@H]2S/C(=C(/C#N)C(=O)Nc3ccccc3C)N(c3ccccc3C)C2=O)cc1. The van der Waals surface area contributed by atoms with E-state index in [0.717, 1.165) is 22.4 Å². The zero-order chi connectivity index (χ0) is 24.9. The number of anilines is 2. The molecule has 1 fully saturated rings. The molecule has 0 aliphatic carbocycles. The number of carbonyl (C=O) groups is 2. The Kier molecular flexibility index (Phi) is 7.23. The summed E-state index contributed by atoms with van der Waals surface area (Å²) in [6.07, 6.45) is 0.456. The topological polar surface area (TPSA) is 82.4 Å². The van der Waals surface area contributed by atoms with Crippen molar-refractivity contribution in [3.63, 3.8) is 0 Å². The highest BCUT2D eigenvalue weighted by atomic mass is 32.2. The summed E-state index contributed by atoms with van der Waals surface area (Å²) >= 11 is 1.25. The molecule has 1 aliphatic heterocycles. The van der Waals surface area contributed by atoms with Crippen molar-refractivity contribution < 1.29 is 14.3 Å². The number of thioether (sulfide) groups is 1. The number of ether oxygens (including phenoxy) is 1. The average Bonchev–Trinajstić information content (AvgIpc) is 3.17. The minimum atomic E-state index is -0.541. The lowest BCUT2D eigenvalue weighted by atomic mass is 10.1. The number of benzene rings is 3. The molecule has 0 radical (unpaired) electrons. The number of amides is 2. The van der Waals surface area contributed by atoms with Gasteiger partial charge in [-0.3, -0.25) is 14.5 Å². The molecule has 7 heteroatoms. The molecular weight excluding hydrogens is 458 g/mol. The molecule has 0 bridgehead atoms. The summed E-state index contributed by atoms with van der Waals surface area (Å²) in [6.45, 7) is 3.79. The van der Waals surface area contributed by atoms with Gasteiger partial charge >= 0.3 is 0 Å². The van der Waals surface area contributed by atoms with Gasteiger partial charge in [0.25, 0.3) is 5.91 Å². The third-order valence-electron chi connectivity index (χ3n) is 5.84. The molecule has 176 valence electrons. The molecule has 35 heavy (non-hydrogen) atoms. The van der Waals surface area contributed by atoms with Gasteiger partial charge in [-0.05, 0) is 61.2 Å². The average molecular weight is 484 g/mol. The fraction of sp³-hybridized carbons (Fsp3) is 0.179. The first-order valence-corrected chi connectivity index (χ1v) is 12.0. The Morgan fingerprint density at radius 1 is 1.03 bits per heavy atom. The molecule has 0 spiro atoms. The van der Waals surface area contributed by atoms with Crippen molar-refractivity contribution in [2.45, 2.75) is 25.5 Å². The van der Waals surface area contributed by atoms with Crippen molar-refractivity contribution in [2.75, 3.05) is 17.3 Å². The van der Waals surface area contributed by atoms with E-state index in [2.05, 4.69) is 11.4 Å². The molecule has 0 unspecified atom stereocenters. The minimum Gasteiger partial charge on any atom is -0.497 e. The lowest BCUT2D eigenvalue weighted by molar-refractivity contribution is -0.117. The number of nitriles is 1. The van der Waals surface area contributed by atoms with Crippen LogP contribution in [0.5, 0.6) is 5.75 Å². The molecule has 6 nitrogen and oxygen atoms in total. The number of rotatable bonds is 6. The van der Waals surface area contributed by atoms with Crippen LogP contribution in [0.1, 0.15) is 16.7 Å². The zero-order valence-electron chi connectivity index (χ0n) is 19.7.